The SMILES string of the molecule is CC(C)(C(N)Cc1ccc(Br)cn1)N1CCCC1. The Balaban J connectivity index is 2.01. The van der Waals surface area contributed by atoms with Gasteiger partial charge in [-0.1, -0.05) is 0 Å². The highest BCUT2D eigenvalue weighted by molar-refractivity contribution is 9.10. The van der Waals surface area contributed by atoms with Crippen LogP contribution < -0.4 is 5.73 Å². The number of nitrogens with zero attached hydrogens (tertiary/aromatic N) is 2. The quantitative estimate of drug-likeness (QED) is 0.929. The maximum atomic E-state index is 6.41. The van der Waals surface area contributed by atoms with Gasteiger partial charge in [0, 0.05) is 34.4 Å². The zero-order chi connectivity index (χ0) is 13.2. The number of aromatic nitrogens is 1. The Morgan fingerprint density at radius 2 is 2.06 bits per heavy atom. The molecular weight excluding hydrogens is 290 g/mol. The van der Waals surface area contributed by atoms with Crippen molar-refractivity contribution < 1.29 is 0 Å². The predicted molar refractivity (Wildman–Crippen MR) is 78.5 cm³/mol. The van der Waals surface area contributed by atoms with Gasteiger partial charge in [-0.05, 0) is 67.8 Å². The van der Waals surface area contributed by atoms with Gasteiger partial charge in [-0.2, -0.15) is 0 Å². The third kappa shape index (κ3) is 3.11. The Kier molecular flexibility index (Phi) is 4.41. The van der Waals surface area contributed by atoms with E-state index in [0.717, 1.165) is 16.6 Å². The molecule has 3 nitrogen and oxygen atoms in total. The highest BCUT2D eigenvalue weighted by atomic mass is 79.9. The Hall–Kier alpha value is -0.450. The fraction of sp³-hybridized carbons (Fsp3) is 0.643. The van der Waals surface area contributed by atoms with Crippen LogP contribution in [0.1, 0.15) is 32.4 Å². The highest BCUT2D eigenvalue weighted by Crippen LogP contribution is 2.25. The maximum absolute atomic E-state index is 6.41. The van der Waals surface area contributed by atoms with Crippen molar-refractivity contribution in [2.75, 3.05) is 13.1 Å². The summed E-state index contributed by atoms with van der Waals surface area (Å²) in [6.45, 7) is 6.85. The van der Waals surface area contributed by atoms with Gasteiger partial charge < -0.3 is 5.73 Å². The molecule has 2 rings (SSSR count). The molecule has 2 N–H and O–H groups in total. The van der Waals surface area contributed by atoms with Gasteiger partial charge in [0.25, 0.3) is 0 Å². The Morgan fingerprint density at radius 1 is 1.39 bits per heavy atom. The van der Waals surface area contributed by atoms with E-state index in [9.17, 15) is 0 Å². The molecule has 1 aromatic heterocycles. The average molecular weight is 312 g/mol. The molecule has 0 spiro atoms. The van der Waals surface area contributed by atoms with E-state index in [0.29, 0.717) is 0 Å². The van der Waals surface area contributed by atoms with Crippen molar-refractivity contribution in [3.8, 4) is 0 Å². The minimum Gasteiger partial charge on any atom is -0.326 e. The fourth-order valence-electron chi connectivity index (χ4n) is 2.53. The second-order valence-electron chi connectivity index (χ2n) is 5.63. The van der Waals surface area contributed by atoms with E-state index >= 15 is 0 Å². The van der Waals surface area contributed by atoms with Gasteiger partial charge in [-0.3, -0.25) is 9.88 Å². The topological polar surface area (TPSA) is 42.1 Å². The van der Waals surface area contributed by atoms with E-state index in [1.54, 1.807) is 0 Å². The highest BCUT2D eigenvalue weighted by Gasteiger charge is 2.34. The van der Waals surface area contributed by atoms with Crippen LogP contribution in [0, 0.1) is 0 Å². The molecule has 18 heavy (non-hydrogen) atoms. The first-order valence-corrected chi connectivity index (χ1v) is 7.40. The number of likely N-dealkylation sites (tertiary alicyclic amines) is 1. The van der Waals surface area contributed by atoms with Crippen molar-refractivity contribution in [3.05, 3.63) is 28.5 Å². The third-order valence-electron chi connectivity index (χ3n) is 4.05. The first-order chi connectivity index (χ1) is 8.50. The number of hydrogen-bond donors (Lipinski definition) is 1. The number of nitrogens with two attached hydrogens (primary N) is 1. The Morgan fingerprint density at radius 3 is 2.61 bits per heavy atom. The Labute approximate surface area is 118 Å². The molecule has 0 aliphatic carbocycles. The van der Waals surface area contributed by atoms with E-state index in [-0.39, 0.29) is 11.6 Å². The summed E-state index contributed by atoms with van der Waals surface area (Å²) in [6.07, 6.45) is 5.26. The molecule has 1 saturated heterocycles. The van der Waals surface area contributed by atoms with Gasteiger partial charge in [0.15, 0.2) is 0 Å². The van der Waals surface area contributed by atoms with Crippen LogP contribution in [0.5, 0.6) is 0 Å². The molecule has 1 atom stereocenters. The minimum absolute atomic E-state index is 0.0469. The van der Waals surface area contributed by atoms with Gasteiger partial charge in [0.2, 0.25) is 0 Å². The van der Waals surface area contributed by atoms with Crippen LogP contribution >= 0.6 is 15.9 Å². The zero-order valence-electron chi connectivity index (χ0n) is 11.2. The van der Waals surface area contributed by atoms with Gasteiger partial charge >= 0.3 is 0 Å². The molecule has 4 heteroatoms. The van der Waals surface area contributed by atoms with Crippen molar-refractivity contribution in [2.45, 2.75) is 44.7 Å². The summed E-state index contributed by atoms with van der Waals surface area (Å²) < 4.78 is 1.01. The molecule has 1 aromatic rings. The molecule has 1 unspecified atom stereocenters. The van der Waals surface area contributed by atoms with Crippen LogP contribution in [-0.4, -0.2) is 34.6 Å². The summed E-state index contributed by atoms with van der Waals surface area (Å²) in [7, 11) is 0. The lowest BCUT2D eigenvalue weighted by molar-refractivity contribution is 0.123. The molecule has 0 saturated carbocycles. The molecule has 100 valence electrons. The molecule has 1 aliphatic heterocycles. The standard InChI is InChI=1S/C14H22BrN3/c1-14(2,18-7-3-4-8-18)13(16)9-12-6-5-11(15)10-17-12/h5-6,10,13H,3-4,7-9,16H2,1-2H3. The summed E-state index contributed by atoms with van der Waals surface area (Å²) in [6, 6.07) is 4.19. The monoisotopic (exact) mass is 311 g/mol. The summed E-state index contributed by atoms with van der Waals surface area (Å²) >= 11 is 3.40. The zero-order valence-corrected chi connectivity index (χ0v) is 12.8. The van der Waals surface area contributed by atoms with Crippen LogP contribution in [0.4, 0.5) is 0 Å². The number of rotatable bonds is 4. The van der Waals surface area contributed by atoms with Crippen molar-refractivity contribution in [1.29, 1.82) is 0 Å². The number of pyridine rings is 1. The van der Waals surface area contributed by atoms with E-state index in [1.165, 1.54) is 25.9 Å². The molecule has 0 bridgehead atoms. The lowest BCUT2D eigenvalue weighted by Gasteiger charge is -2.40. The average Bonchev–Trinajstić information content (AvgIpc) is 2.86. The van der Waals surface area contributed by atoms with E-state index in [4.69, 9.17) is 5.73 Å². The number of hydrogen-bond acceptors (Lipinski definition) is 3. The lowest BCUT2D eigenvalue weighted by atomic mass is 9.90. The van der Waals surface area contributed by atoms with Crippen LogP contribution in [0.2, 0.25) is 0 Å². The molecular formula is C14H22BrN3. The van der Waals surface area contributed by atoms with Gasteiger partial charge in [-0.15, -0.1) is 0 Å². The smallest absolute Gasteiger partial charge is 0.0420 e. The van der Waals surface area contributed by atoms with Gasteiger partial charge in [0.05, 0.1) is 0 Å². The van der Waals surface area contributed by atoms with Crippen LogP contribution in [-0.2, 0) is 6.42 Å². The third-order valence-corrected chi connectivity index (χ3v) is 4.52. The summed E-state index contributed by atoms with van der Waals surface area (Å²) in [4.78, 5) is 6.92. The largest absolute Gasteiger partial charge is 0.326 e. The molecule has 2 heterocycles. The van der Waals surface area contributed by atoms with Crippen LogP contribution in [0.3, 0.4) is 0 Å². The van der Waals surface area contributed by atoms with Crippen molar-refractivity contribution in [3.63, 3.8) is 0 Å². The molecule has 0 radical (unpaired) electrons. The lowest BCUT2D eigenvalue weighted by Crippen LogP contribution is -2.56. The fourth-order valence-corrected chi connectivity index (χ4v) is 2.76. The molecule has 0 amide bonds. The first kappa shape index (κ1) is 14.0. The molecule has 1 aliphatic rings. The van der Waals surface area contributed by atoms with E-state index < -0.39 is 0 Å². The van der Waals surface area contributed by atoms with Gasteiger partial charge in [-0.25, -0.2) is 0 Å². The summed E-state index contributed by atoms with van der Waals surface area (Å²) in [5.41, 5.74) is 7.52. The van der Waals surface area contributed by atoms with Gasteiger partial charge in [0.1, 0.15) is 0 Å². The predicted octanol–water partition coefficient (Wildman–Crippen LogP) is 2.59. The summed E-state index contributed by atoms with van der Waals surface area (Å²) in [5, 5.41) is 0. The second kappa shape index (κ2) is 5.68. The molecule has 1 fully saturated rings. The minimum atomic E-state index is 0.0469. The second-order valence-corrected chi connectivity index (χ2v) is 6.54. The summed E-state index contributed by atoms with van der Waals surface area (Å²) in [5.74, 6) is 0. The Bertz CT molecular complexity index is 383. The van der Waals surface area contributed by atoms with Crippen molar-refractivity contribution in [2.24, 2.45) is 5.73 Å². The van der Waals surface area contributed by atoms with E-state index in [1.807, 2.05) is 18.3 Å². The van der Waals surface area contributed by atoms with Crippen molar-refractivity contribution in [1.82, 2.24) is 9.88 Å². The molecule has 0 aromatic carbocycles. The van der Waals surface area contributed by atoms with Crippen LogP contribution in [0.15, 0.2) is 22.8 Å². The number of halogens is 1. The van der Waals surface area contributed by atoms with Crippen LogP contribution in [0.25, 0.3) is 0 Å². The van der Waals surface area contributed by atoms with E-state index in [2.05, 4.69) is 39.7 Å². The van der Waals surface area contributed by atoms with Crippen molar-refractivity contribution >= 4 is 15.9 Å². The maximum Gasteiger partial charge on any atom is 0.0420 e. The normalized spacial score (nSPS) is 19.1. The first-order valence-electron chi connectivity index (χ1n) is 6.61.